The summed E-state index contributed by atoms with van der Waals surface area (Å²) in [6.45, 7) is 0. The van der Waals surface area contributed by atoms with Crippen LogP contribution in [0.25, 0.3) is 0 Å². The summed E-state index contributed by atoms with van der Waals surface area (Å²) in [6.07, 6.45) is -1.49. The highest BCUT2D eigenvalue weighted by Crippen LogP contribution is 2.36. The molecule has 0 atom stereocenters. The standard InChI is InChI=1S/C12H10BrF3N4/c1-17-10-5-18-6-11(20-10)19-7-2-3-9(13)8(4-7)12(14,15)16/h2-6H,1H3,(H2,17,19,20). The molecule has 8 heteroatoms. The van der Waals surface area contributed by atoms with E-state index in [4.69, 9.17) is 0 Å². The maximum atomic E-state index is 12.8. The Bertz CT molecular complexity index is 616. The van der Waals surface area contributed by atoms with Crippen molar-refractivity contribution in [3.63, 3.8) is 0 Å². The first kappa shape index (κ1) is 14.6. The first-order valence-corrected chi connectivity index (χ1v) is 6.33. The lowest BCUT2D eigenvalue weighted by molar-refractivity contribution is -0.138. The van der Waals surface area contributed by atoms with Gasteiger partial charge in [-0.2, -0.15) is 13.2 Å². The molecule has 0 fully saturated rings. The molecule has 2 aromatic rings. The highest BCUT2D eigenvalue weighted by atomic mass is 79.9. The second-order valence-corrected chi connectivity index (χ2v) is 4.71. The molecule has 2 rings (SSSR count). The fourth-order valence-corrected chi connectivity index (χ4v) is 1.99. The van der Waals surface area contributed by atoms with E-state index in [-0.39, 0.29) is 10.2 Å². The molecule has 0 spiro atoms. The summed E-state index contributed by atoms with van der Waals surface area (Å²) in [5.41, 5.74) is -0.469. The zero-order valence-corrected chi connectivity index (χ0v) is 11.9. The van der Waals surface area contributed by atoms with Gasteiger partial charge >= 0.3 is 6.18 Å². The van der Waals surface area contributed by atoms with Crippen LogP contribution in [-0.2, 0) is 6.18 Å². The van der Waals surface area contributed by atoms with Gasteiger partial charge in [0.05, 0.1) is 18.0 Å². The number of hydrogen-bond donors (Lipinski definition) is 2. The maximum absolute atomic E-state index is 12.8. The molecule has 0 saturated carbocycles. The number of halogens is 4. The summed E-state index contributed by atoms with van der Waals surface area (Å²) in [5.74, 6) is 0.871. The van der Waals surface area contributed by atoms with Gasteiger partial charge in [-0.1, -0.05) is 15.9 Å². The maximum Gasteiger partial charge on any atom is 0.417 e. The SMILES string of the molecule is CNc1cncc(Nc2ccc(Br)c(C(F)(F)F)c2)n1. The number of benzene rings is 1. The monoisotopic (exact) mass is 346 g/mol. The summed E-state index contributed by atoms with van der Waals surface area (Å²) in [6, 6.07) is 3.87. The van der Waals surface area contributed by atoms with E-state index in [9.17, 15) is 13.2 Å². The van der Waals surface area contributed by atoms with Gasteiger partial charge in [0.25, 0.3) is 0 Å². The average Bonchev–Trinajstić information content (AvgIpc) is 2.40. The zero-order chi connectivity index (χ0) is 14.8. The minimum absolute atomic E-state index is 0.00869. The summed E-state index contributed by atoms with van der Waals surface area (Å²) < 4.78 is 38.4. The van der Waals surface area contributed by atoms with Crippen molar-refractivity contribution in [1.82, 2.24) is 9.97 Å². The van der Waals surface area contributed by atoms with Crippen molar-refractivity contribution in [2.75, 3.05) is 17.7 Å². The molecule has 20 heavy (non-hydrogen) atoms. The van der Waals surface area contributed by atoms with Crippen molar-refractivity contribution in [1.29, 1.82) is 0 Å². The molecule has 0 aliphatic heterocycles. The molecule has 1 heterocycles. The second kappa shape index (κ2) is 5.66. The van der Waals surface area contributed by atoms with Crippen LogP contribution >= 0.6 is 15.9 Å². The van der Waals surface area contributed by atoms with Crippen molar-refractivity contribution < 1.29 is 13.2 Å². The van der Waals surface area contributed by atoms with Crippen LogP contribution in [-0.4, -0.2) is 17.0 Å². The molecule has 0 bridgehead atoms. The van der Waals surface area contributed by atoms with Crippen molar-refractivity contribution >= 4 is 33.3 Å². The number of alkyl halides is 3. The molecule has 0 amide bonds. The van der Waals surface area contributed by atoms with Crippen molar-refractivity contribution in [2.24, 2.45) is 0 Å². The van der Waals surface area contributed by atoms with Gasteiger partial charge in [-0.3, -0.25) is 4.98 Å². The van der Waals surface area contributed by atoms with Crippen LogP contribution in [0.2, 0.25) is 0 Å². The number of rotatable bonds is 3. The summed E-state index contributed by atoms with van der Waals surface area (Å²) in [4.78, 5) is 8.04. The van der Waals surface area contributed by atoms with Gasteiger partial charge < -0.3 is 10.6 Å². The highest BCUT2D eigenvalue weighted by molar-refractivity contribution is 9.10. The number of aromatic nitrogens is 2. The van der Waals surface area contributed by atoms with E-state index in [1.807, 2.05) is 0 Å². The van der Waals surface area contributed by atoms with E-state index in [0.717, 1.165) is 6.07 Å². The van der Waals surface area contributed by atoms with Gasteiger partial charge in [0, 0.05) is 17.2 Å². The molecule has 1 aromatic carbocycles. The fourth-order valence-electron chi connectivity index (χ4n) is 1.51. The Labute approximate surface area is 121 Å². The van der Waals surface area contributed by atoms with Crippen molar-refractivity contribution in [3.05, 3.63) is 40.6 Å². The molecule has 0 unspecified atom stereocenters. The topological polar surface area (TPSA) is 49.8 Å². The third-order valence-electron chi connectivity index (χ3n) is 2.43. The highest BCUT2D eigenvalue weighted by Gasteiger charge is 2.33. The quantitative estimate of drug-likeness (QED) is 0.880. The van der Waals surface area contributed by atoms with Gasteiger partial charge in [0.1, 0.15) is 5.82 Å². The van der Waals surface area contributed by atoms with Crippen LogP contribution in [0, 0.1) is 0 Å². The first-order chi connectivity index (χ1) is 9.40. The van der Waals surface area contributed by atoms with Crippen molar-refractivity contribution in [3.8, 4) is 0 Å². The molecule has 0 aliphatic rings. The van der Waals surface area contributed by atoms with Gasteiger partial charge in [-0.15, -0.1) is 0 Å². The minimum Gasteiger partial charge on any atom is -0.372 e. The predicted molar refractivity (Wildman–Crippen MR) is 74.0 cm³/mol. The van der Waals surface area contributed by atoms with Crippen LogP contribution < -0.4 is 10.6 Å². The predicted octanol–water partition coefficient (Wildman–Crippen LogP) is 4.04. The van der Waals surface area contributed by atoms with E-state index in [0.29, 0.717) is 11.6 Å². The van der Waals surface area contributed by atoms with E-state index >= 15 is 0 Å². The molecule has 1 aromatic heterocycles. The van der Waals surface area contributed by atoms with E-state index in [1.54, 1.807) is 7.05 Å². The average molecular weight is 347 g/mol. The van der Waals surface area contributed by atoms with E-state index in [1.165, 1.54) is 24.5 Å². The molecule has 2 N–H and O–H groups in total. The van der Waals surface area contributed by atoms with E-state index < -0.39 is 11.7 Å². The molecule has 106 valence electrons. The molecule has 0 saturated heterocycles. The van der Waals surface area contributed by atoms with Crippen LogP contribution in [0.4, 0.5) is 30.5 Å². The smallest absolute Gasteiger partial charge is 0.372 e. The zero-order valence-electron chi connectivity index (χ0n) is 10.3. The lowest BCUT2D eigenvalue weighted by Gasteiger charge is -2.12. The third-order valence-corrected chi connectivity index (χ3v) is 3.13. The Balaban J connectivity index is 2.30. The minimum atomic E-state index is -4.42. The molecule has 0 aliphatic carbocycles. The summed E-state index contributed by atoms with van der Waals surface area (Å²) in [5, 5.41) is 5.58. The molecular formula is C12H10BrF3N4. The van der Waals surface area contributed by atoms with Gasteiger partial charge in [-0.05, 0) is 18.2 Å². The number of nitrogens with zero attached hydrogens (tertiary/aromatic N) is 2. The third kappa shape index (κ3) is 3.38. The Morgan fingerprint density at radius 2 is 1.85 bits per heavy atom. The Kier molecular flexibility index (Phi) is 4.12. The Morgan fingerprint density at radius 3 is 2.50 bits per heavy atom. The molecule has 0 radical (unpaired) electrons. The number of nitrogens with one attached hydrogen (secondary N) is 2. The lowest BCUT2D eigenvalue weighted by Crippen LogP contribution is -2.07. The number of anilines is 3. The summed E-state index contributed by atoms with van der Waals surface area (Å²) in [7, 11) is 1.68. The van der Waals surface area contributed by atoms with Crippen LogP contribution in [0.15, 0.2) is 35.1 Å². The van der Waals surface area contributed by atoms with Crippen LogP contribution in [0.3, 0.4) is 0 Å². The van der Waals surface area contributed by atoms with Gasteiger partial charge in [0.15, 0.2) is 5.82 Å². The lowest BCUT2D eigenvalue weighted by atomic mass is 10.2. The first-order valence-electron chi connectivity index (χ1n) is 5.53. The molecular weight excluding hydrogens is 337 g/mol. The Hall–Kier alpha value is -1.83. The van der Waals surface area contributed by atoms with Crippen LogP contribution in [0.5, 0.6) is 0 Å². The van der Waals surface area contributed by atoms with Crippen LogP contribution in [0.1, 0.15) is 5.56 Å². The van der Waals surface area contributed by atoms with E-state index in [2.05, 4.69) is 36.5 Å². The Morgan fingerprint density at radius 1 is 1.15 bits per heavy atom. The van der Waals surface area contributed by atoms with Gasteiger partial charge in [-0.25, -0.2) is 4.98 Å². The molecule has 4 nitrogen and oxygen atoms in total. The van der Waals surface area contributed by atoms with Crippen molar-refractivity contribution in [2.45, 2.75) is 6.18 Å². The fraction of sp³-hybridized carbons (Fsp3) is 0.167. The summed E-state index contributed by atoms with van der Waals surface area (Å²) >= 11 is 2.89. The largest absolute Gasteiger partial charge is 0.417 e. The second-order valence-electron chi connectivity index (χ2n) is 3.86. The normalized spacial score (nSPS) is 11.2. The van der Waals surface area contributed by atoms with Gasteiger partial charge in [0.2, 0.25) is 0 Å². The number of hydrogen-bond acceptors (Lipinski definition) is 4.